The van der Waals surface area contributed by atoms with Gasteiger partial charge in [-0.05, 0) is 37.8 Å². The van der Waals surface area contributed by atoms with Crippen LogP contribution in [-0.4, -0.2) is 46.0 Å². The molecule has 0 saturated heterocycles. The Morgan fingerprint density at radius 2 is 1.84 bits per heavy atom. The summed E-state index contributed by atoms with van der Waals surface area (Å²) >= 11 is 0. The summed E-state index contributed by atoms with van der Waals surface area (Å²) in [5, 5.41) is 9.45. The van der Waals surface area contributed by atoms with Crippen LogP contribution >= 0.6 is 0 Å². The van der Waals surface area contributed by atoms with E-state index in [9.17, 15) is 18.0 Å². The van der Waals surface area contributed by atoms with E-state index in [2.05, 4.69) is 30.9 Å². The van der Waals surface area contributed by atoms with Crippen molar-refractivity contribution in [1.29, 1.82) is 0 Å². The van der Waals surface area contributed by atoms with Crippen LogP contribution in [0.3, 0.4) is 0 Å². The molecular formula is C21H26F3N7O. The molecule has 1 saturated carbocycles. The molecule has 0 aromatic carbocycles. The smallest absolute Gasteiger partial charge is 0.381 e. The Morgan fingerprint density at radius 1 is 1.16 bits per heavy atom. The monoisotopic (exact) mass is 449 g/mol. The predicted molar refractivity (Wildman–Crippen MR) is 116 cm³/mol. The van der Waals surface area contributed by atoms with Crippen LogP contribution < -0.4 is 20.9 Å². The van der Waals surface area contributed by atoms with Gasteiger partial charge in [0.25, 0.3) is 0 Å². The number of aryl methyl sites for hydroxylation is 1. The van der Waals surface area contributed by atoms with Gasteiger partial charge in [0.1, 0.15) is 17.4 Å². The number of carbonyl (C=O) groups is 1. The molecule has 3 N–H and O–H groups in total. The van der Waals surface area contributed by atoms with Gasteiger partial charge in [0.15, 0.2) is 5.82 Å². The Kier molecular flexibility index (Phi) is 5.59. The average molecular weight is 449 g/mol. The molecule has 1 amide bonds. The fourth-order valence-corrected chi connectivity index (χ4v) is 4.20. The lowest BCUT2D eigenvalue weighted by Gasteiger charge is -2.38. The van der Waals surface area contributed by atoms with Crippen molar-refractivity contribution in [1.82, 2.24) is 15.0 Å². The largest absolute Gasteiger partial charge is 0.433 e. The number of halogens is 3. The summed E-state index contributed by atoms with van der Waals surface area (Å²) in [6, 6.07) is 2.31. The van der Waals surface area contributed by atoms with Crippen molar-refractivity contribution in [2.45, 2.75) is 57.9 Å². The number of fused-ring (bicyclic) bond motifs is 1. The summed E-state index contributed by atoms with van der Waals surface area (Å²) in [5.74, 6) is 1.24. The molecule has 1 aliphatic heterocycles. The zero-order valence-corrected chi connectivity index (χ0v) is 18.3. The molecule has 32 heavy (non-hydrogen) atoms. The highest BCUT2D eigenvalue weighted by atomic mass is 19.4. The summed E-state index contributed by atoms with van der Waals surface area (Å²) in [6.45, 7) is 5.82. The van der Waals surface area contributed by atoms with Crippen LogP contribution in [0.2, 0.25) is 0 Å². The molecular weight excluding hydrogens is 423 g/mol. The summed E-state index contributed by atoms with van der Waals surface area (Å²) in [4.78, 5) is 26.9. The standard InChI is InChI=1S/C21H26F3N7O/c1-10(2)17-19(32)29-16-11(3)26-20(30-18(16)31(17)4)28-14-7-13(8-14)27-12-5-6-15(25-9-12)21(22,23)24/h5-6,9-10,13-14,17,27H,7-8H2,1-4H3,(H,29,32)(H,26,28,30)/t13-,14+,17-/m0/s1. The van der Waals surface area contributed by atoms with Gasteiger partial charge >= 0.3 is 6.18 Å². The second kappa shape index (κ2) is 8.10. The number of likely N-dealkylation sites (N-methyl/N-ethyl adjacent to an activating group) is 1. The van der Waals surface area contributed by atoms with E-state index in [1.54, 1.807) is 0 Å². The first kappa shape index (κ1) is 22.1. The number of rotatable bonds is 5. The Labute approximate surface area is 184 Å². The molecule has 1 aliphatic carbocycles. The molecule has 0 radical (unpaired) electrons. The predicted octanol–water partition coefficient (Wildman–Crippen LogP) is 3.67. The molecule has 2 aliphatic rings. The van der Waals surface area contributed by atoms with Crippen molar-refractivity contribution in [3.05, 3.63) is 29.7 Å². The molecule has 3 heterocycles. The molecule has 2 aromatic rings. The minimum Gasteiger partial charge on any atom is -0.381 e. The third-order valence-electron chi connectivity index (χ3n) is 5.87. The number of nitrogens with zero attached hydrogens (tertiary/aromatic N) is 4. The molecule has 8 nitrogen and oxygen atoms in total. The van der Waals surface area contributed by atoms with E-state index in [0.29, 0.717) is 28.8 Å². The minimum atomic E-state index is -4.44. The van der Waals surface area contributed by atoms with Gasteiger partial charge in [0.05, 0.1) is 17.6 Å². The van der Waals surface area contributed by atoms with Crippen LogP contribution in [0, 0.1) is 12.8 Å². The van der Waals surface area contributed by atoms with E-state index in [4.69, 9.17) is 0 Å². The van der Waals surface area contributed by atoms with E-state index in [1.165, 1.54) is 12.3 Å². The second-order valence-corrected chi connectivity index (χ2v) is 8.70. The van der Waals surface area contributed by atoms with Gasteiger partial charge in [-0.25, -0.2) is 9.97 Å². The van der Waals surface area contributed by atoms with Gasteiger partial charge in [0.2, 0.25) is 11.9 Å². The number of amides is 1. The number of alkyl halides is 3. The molecule has 11 heteroatoms. The topological polar surface area (TPSA) is 95.1 Å². The highest BCUT2D eigenvalue weighted by Gasteiger charge is 2.36. The highest BCUT2D eigenvalue weighted by molar-refractivity contribution is 6.03. The number of carbonyl (C=O) groups excluding carboxylic acids is 1. The normalized spacial score (nSPS) is 22.8. The first-order valence-corrected chi connectivity index (χ1v) is 10.5. The molecule has 0 bridgehead atoms. The molecule has 4 rings (SSSR count). The third kappa shape index (κ3) is 4.28. The summed E-state index contributed by atoms with van der Waals surface area (Å²) in [6.07, 6.45) is -1.71. The lowest BCUT2D eigenvalue weighted by molar-refractivity contribution is -0.141. The van der Waals surface area contributed by atoms with E-state index in [-0.39, 0.29) is 30.0 Å². The number of hydrogen-bond acceptors (Lipinski definition) is 7. The molecule has 0 unspecified atom stereocenters. The number of anilines is 4. The van der Waals surface area contributed by atoms with E-state index < -0.39 is 11.9 Å². The maximum absolute atomic E-state index is 12.6. The second-order valence-electron chi connectivity index (χ2n) is 8.70. The Balaban J connectivity index is 1.37. The Hall–Kier alpha value is -3.11. The van der Waals surface area contributed by atoms with Crippen molar-refractivity contribution in [2.75, 3.05) is 27.9 Å². The highest BCUT2D eigenvalue weighted by Crippen LogP contribution is 2.35. The Morgan fingerprint density at radius 3 is 2.44 bits per heavy atom. The zero-order chi connectivity index (χ0) is 23.2. The maximum Gasteiger partial charge on any atom is 0.433 e. The number of nitrogens with one attached hydrogen (secondary N) is 3. The van der Waals surface area contributed by atoms with Crippen molar-refractivity contribution in [2.24, 2.45) is 5.92 Å². The number of pyridine rings is 1. The van der Waals surface area contributed by atoms with Crippen molar-refractivity contribution in [3.63, 3.8) is 0 Å². The van der Waals surface area contributed by atoms with Crippen LogP contribution in [0.25, 0.3) is 0 Å². The fourth-order valence-electron chi connectivity index (χ4n) is 4.20. The quantitative estimate of drug-likeness (QED) is 0.641. The lowest BCUT2D eigenvalue weighted by atomic mass is 9.86. The average Bonchev–Trinajstić information content (AvgIpc) is 2.67. The van der Waals surface area contributed by atoms with Crippen LogP contribution in [-0.2, 0) is 11.0 Å². The molecule has 1 fully saturated rings. The van der Waals surface area contributed by atoms with Gasteiger partial charge in [-0.3, -0.25) is 4.79 Å². The van der Waals surface area contributed by atoms with Crippen molar-refractivity contribution >= 4 is 29.0 Å². The number of aromatic nitrogens is 3. The summed E-state index contributed by atoms with van der Waals surface area (Å²) in [7, 11) is 1.86. The molecule has 172 valence electrons. The van der Waals surface area contributed by atoms with Crippen LogP contribution in [0.4, 0.5) is 36.3 Å². The van der Waals surface area contributed by atoms with Gasteiger partial charge in [-0.2, -0.15) is 18.2 Å². The zero-order valence-electron chi connectivity index (χ0n) is 18.3. The first-order valence-electron chi connectivity index (χ1n) is 10.5. The van der Waals surface area contributed by atoms with Gasteiger partial charge in [-0.1, -0.05) is 13.8 Å². The van der Waals surface area contributed by atoms with Crippen LogP contribution in [0.15, 0.2) is 18.3 Å². The van der Waals surface area contributed by atoms with Gasteiger partial charge in [0, 0.05) is 19.1 Å². The Bertz CT molecular complexity index is 1000. The van der Waals surface area contributed by atoms with Crippen molar-refractivity contribution < 1.29 is 18.0 Å². The maximum atomic E-state index is 12.6. The summed E-state index contributed by atoms with van der Waals surface area (Å²) < 4.78 is 37.9. The van der Waals surface area contributed by atoms with E-state index in [1.807, 2.05) is 32.7 Å². The van der Waals surface area contributed by atoms with Crippen molar-refractivity contribution in [3.8, 4) is 0 Å². The van der Waals surface area contributed by atoms with Crippen LogP contribution in [0.5, 0.6) is 0 Å². The van der Waals surface area contributed by atoms with Gasteiger partial charge in [-0.15, -0.1) is 0 Å². The van der Waals surface area contributed by atoms with Gasteiger partial charge < -0.3 is 20.9 Å². The van der Waals surface area contributed by atoms with E-state index >= 15 is 0 Å². The minimum absolute atomic E-state index is 0.0620. The summed E-state index contributed by atoms with van der Waals surface area (Å²) in [5.41, 5.74) is 0.962. The molecule has 1 atom stereocenters. The SMILES string of the molecule is Cc1nc(N[C@H]2C[C@@H](Nc3ccc(C(F)(F)F)nc3)C2)nc2c1NC(=O)[C@H](C(C)C)N2C. The van der Waals surface area contributed by atoms with E-state index in [0.717, 1.165) is 18.9 Å². The third-order valence-corrected chi connectivity index (χ3v) is 5.87. The van der Waals surface area contributed by atoms with Crippen LogP contribution in [0.1, 0.15) is 38.1 Å². The fraction of sp³-hybridized carbons (Fsp3) is 0.524. The first-order chi connectivity index (χ1) is 15.0. The number of hydrogen-bond donors (Lipinski definition) is 3. The molecule has 2 aromatic heterocycles. The molecule has 0 spiro atoms. The lowest BCUT2D eigenvalue weighted by Crippen LogP contribution is -2.50.